The molecule has 2 aromatic carbocycles. The predicted molar refractivity (Wildman–Crippen MR) is 110 cm³/mol. The zero-order chi connectivity index (χ0) is 21.2. The number of rotatable bonds is 7. The van der Waals surface area contributed by atoms with Gasteiger partial charge in [-0.2, -0.15) is 0 Å². The molecule has 3 rings (SSSR count). The van der Waals surface area contributed by atoms with Crippen LogP contribution in [0.2, 0.25) is 0 Å². The van der Waals surface area contributed by atoms with Gasteiger partial charge in [-0.05, 0) is 55.8 Å². The summed E-state index contributed by atoms with van der Waals surface area (Å²) in [4.78, 5) is 12.7. The summed E-state index contributed by atoms with van der Waals surface area (Å²) in [5.74, 6) is 1.16. The number of nitrogens with one attached hydrogen (secondary N) is 2. The molecule has 0 saturated heterocycles. The van der Waals surface area contributed by atoms with Crippen molar-refractivity contribution in [2.24, 2.45) is 0 Å². The Morgan fingerprint density at radius 3 is 2.38 bits per heavy atom. The largest absolute Gasteiger partial charge is 0.454 e. The highest BCUT2D eigenvalue weighted by atomic mass is 32.2. The topological polar surface area (TPSA) is 93.7 Å². The van der Waals surface area contributed by atoms with Gasteiger partial charge in [-0.1, -0.05) is 19.9 Å². The molecule has 0 bridgehead atoms. The van der Waals surface area contributed by atoms with Crippen LogP contribution in [0.4, 0.5) is 0 Å². The normalized spacial score (nSPS) is 13.6. The number of fused-ring (bicyclic) bond motifs is 1. The van der Waals surface area contributed by atoms with Crippen LogP contribution in [0.25, 0.3) is 0 Å². The Bertz CT molecular complexity index is 998. The van der Waals surface area contributed by atoms with Crippen molar-refractivity contribution < 1.29 is 22.7 Å². The van der Waals surface area contributed by atoms with E-state index in [1.807, 2.05) is 32.0 Å². The second-order valence-corrected chi connectivity index (χ2v) is 9.65. The number of carbonyl (C=O) groups is 1. The van der Waals surface area contributed by atoms with Crippen LogP contribution >= 0.6 is 0 Å². The van der Waals surface area contributed by atoms with Gasteiger partial charge in [0, 0.05) is 23.6 Å². The lowest BCUT2D eigenvalue weighted by molar-refractivity contribution is 0.0945. The molecule has 2 N–H and O–H groups in total. The van der Waals surface area contributed by atoms with E-state index in [1.54, 1.807) is 13.8 Å². The molecule has 8 heteroatoms. The molecular formula is C21H26N2O5S. The number of sulfonamides is 1. The molecule has 0 aromatic heterocycles. The van der Waals surface area contributed by atoms with Crippen LogP contribution in [-0.2, 0) is 15.4 Å². The molecule has 1 aliphatic heterocycles. The van der Waals surface area contributed by atoms with Crippen molar-refractivity contribution in [2.75, 3.05) is 13.3 Å². The van der Waals surface area contributed by atoms with Crippen molar-refractivity contribution in [2.45, 2.75) is 44.0 Å². The molecule has 29 heavy (non-hydrogen) atoms. The van der Waals surface area contributed by atoms with Crippen molar-refractivity contribution >= 4 is 15.9 Å². The molecule has 0 atom stereocenters. The second-order valence-electron chi connectivity index (χ2n) is 7.93. The summed E-state index contributed by atoms with van der Waals surface area (Å²) >= 11 is 0. The van der Waals surface area contributed by atoms with E-state index in [-0.39, 0.29) is 29.1 Å². The molecule has 1 heterocycles. The maximum absolute atomic E-state index is 12.5. The van der Waals surface area contributed by atoms with Crippen LogP contribution in [0.5, 0.6) is 11.5 Å². The van der Waals surface area contributed by atoms with Gasteiger partial charge < -0.3 is 14.8 Å². The van der Waals surface area contributed by atoms with E-state index < -0.39 is 10.0 Å². The number of carbonyl (C=O) groups excluding carboxylic acids is 1. The number of amides is 1. The predicted octanol–water partition coefficient (Wildman–Crippen LogP) is 2.81. The minimum atomic E-state index is -3.58. The minimum absolute atomic E-state index is 0.128. The van der Waals surface area contributed by atoms with Crippen LogP contribution in [0.1, 0.15) is 43.6 Å². The SMILES string of the molecule is CC(C)NS(=O)(=O)c1ccc(C(=O)NCC(C)(C)c2ccc3c(c2)OCO3)cc1. The van der Waals surface area contributed by atoms with Crippen molar-refractivity contribution in [3.63, 3.8) is 0 Å². The third-order valence-electron chi connectivity index (χ3n) is 4.66. The third kappa shape index (κ3) is 4.89. The summed E-state index contributed by atoms with van der Waals surface area (Å²) in [5, 5.41) is 2.92. The Morgan fingerprint density at radius 1 is 1.07 bits per heavy atom. The first-order valence-electron chi connectivity index (χ1n) is 9.39. The molecule has 0 spiro atoms. The number of ether oxygens (including phenoxy) is 2. The van der Waals surface area contributed by atoms with Gasteiger partial charge in [-0.25, -0.2) is 13.1 Å². The molecule has 0 saturated carbocycles. The van der Waals surface area contributed by atoms with Gasteiger partial charge in [0.15, 0.2) is 11.5 Å². The average Bonchev–Trinajstić information content (AvgIpc) is 3.13. The summed E-state index contributed by atoms with van der Waals surface area (Å²) in [7, 11) is -3.58. The fraction of sp³-hybridized carbons (Fsp3) is 0.381. The molecule has 2 aromatic rings. The van der Waals surface area contributed by atoms with Crippen molar-refractivity contribution in [1.82, 2.24) is 10.0 Å². The highest BCUT2D eigenvalue weighted by Crippen LogP contribution is 2.36. The van der Waals surface area contributed by atoms with Crippen LogP contribution in [0.15, 0.2) is 47.4 Å². The Morgan fingerprint density at radius 2 is 1.72 bits per heavy atom. The Labute approximate surface area is 171 Å². The van der Waals surface area contributed by atoms with Gasteiger partial charge in [0.2, 0.25) is 16.8 Å². The summed E-state index contributed by atoms with van der Waals surface area (Å²) in [6.45, 7) is 8.17. The lowest BCUT2D eigenvalue weighted by Crippen LogP contribution is -2.36. The van der Waals surface area contributed by atoms with Gasteiger partial charge in [0.05, 0.1) is 4.90 Å². The summed E-state index contributed by atoms with van der Waals surface area (Å²) in [5.41, 5.74) is 1.08. The van der Waals surface area contributed by atoms with Gasteiger partial charge in [-0.3, -0.25) is 4.79 Å². The highest BCUT2D eigenvalue weighted by molar-refractivity contribution is 7.89. The fourth-order valence-electron chi connectivity index (χ4n) is 2.99. The number of hydrogen-bond donors (Lipinski definition) is 2. The molecule has 0 radical (unpaired) electrons. The fourth-order valence-corrected chi connectivity index (χ4v) is 4.24. The molecule has 0 aliphatic carbocycles. The molecule has 1 amide bonds. The van der Waals surface area contributed by atoms with Crippen LogP contribution in [-0.4, -0.2) is 33.7 Å². The van der Waals surface area contributed by atoms with E-state index in [1.165, 1.54) is 24.3 Å². The van der Waals surface area contributed by atoms with Gasteiger partial charge in [-0.15, -0.1) is 0 Å². The molecule has 1 aliphatic rings. The van der Waals surface area contributed by atoms with Gasteiger partial charge >= 0.3 is 0 Å². The average molecular weight is 419 g/mol. The quantitative estimate of drug-likeness (QED) is 0.721. The van der Waals surface area contributed by atoms with Crippen molar-refractivity contribution in [3.05, 3.63) is 53.6 Å². The van der Waals surface area contributed by atoms with Crippen molar-refractivity contribution in [1.29, 1.82) is 0 Å². The molecule has 0 fully saturated rings. The van der Waals surface area contributed by atoms with Crippen molar-refractivity contribution in [3.8, 4) is 11.5 Å². The van der Waals surface area contributed by atoms with E-state index in [4.69, 9.17) is 9.47 Å². The number of hydrogen-bond acceptors (Lipinski definition) is 5. The summed E-state index contributed by atoms with van der Waals surface area (Å²) < 4.78 is 37.7. The Balaban J connectivity index is 1.65. The highest BCUT2D eigenvalue weighted by Gasteiger charge is 2.25. The van der Waals surface area contributed by atoms with Gasteiger partial charge in [0.1, 0.15) is 0 Å². The molecule has 156 valence electrons. The van der Waals surface area contributed by atoms with E-state index >= 15 is 0 Å². The van der Waals surface area contributed by atoms with E-state index in [0.717, 1.165) is 11.3 Å². The van der Waals surface area contributed by atoms with Crippen LogP contribution in [0.3, 0.4) is 0 Å². The standard InChI is InChI=1S/C21H26N2O5S/c1-14(2)23-29(25,26)17-8-5-15(6-9-17)20(24)22-12-21(3,4)16-7-10-18-19(11-16)28-13-27-18/h5-11,14,23H,12-13H2,1-4H3,(H,22,24). The molecule has 7 nitrogen and oxygen atoms in total. The van der Waals surface area contributed by atoms with Gasteiger partial charge in [0.25, 0.3) is 5.91 Å². The molecular weight excluding hydrogens is 392 g/mol. The van der Waals surface area contributed by atoms with E-state index in [2.05, 4.69) is 10.0 Å². The zero-order valence-corrected chi connectivity index (χ0v) is 17.8. The van der Waals surface area contributed by atoms with E-state index in [0.29, 0.717) is 17.9 Å². The van der Waals surface area contributed by atoms with Crippen LogP contribution < -0.4 is 19.5 Å². The summed E-state index contributed by atoms with van der Waals surface area (Å²) in [6.07, 6.45) is 0. The summed E-state index contributed by atoms with van der Waals surface area (Å²) in [6, 6.07) is 11.4. The molecule has 0 unspecified atom stereocenters. The maximum Gasteiger partial charge on any atom is 0.251 e. The Hall–Kier alpha value is -2.58. The Kier molecular flexibility index (Phi) is 5.86. The second kappa shape index (κ2) is 8.04. The zero-order valence-electron chi connectivity index (χ0n) is 17.0. The minimum Gasteiger partial charge on any atom is -0.454 e. The maximum atomic E-state index is 12.5. The lowest BCUT2D eigenvalue weighted by atomic mass is 9.84. The number of benzene rings is 2. The van der Waals surface area contributed by atoms with E-state index in [9.17, 15) is 13.2 Å². The van der Waals surface area contributed by atoms with Crippen LogP contribution in [0, 0.1) is 0 Å². The first-order chi connectivity index (χ1) is 13.6. The first-order valence-corrected chi connectivity index (χ1v) is 10.9. The monoisotopic (exact) mass is 418 g/mol. The third-order valence-corrected chi connectivity index (χ3v) is 6.34. The first kappa shape index (κ1) is 21.1. The smallest absolute Gasteiger partial charge is 0.251 e. The lowest BCUT2D eigenvalue weighted by Gasteiger charge is -2.26.